The van der Waals surface area contributed by atoms with E-state index in [-0.39, 0.29) is 11.6 Å². The lowest BCUT2D eigenvalue weighted by Gasteiger charge is -2.27. The van der Waals surface area contributed by atoms with E-state index < -0.39 is 5.91 Å². The highest BCUT2D eigenvalue weighted by atomic mass is 16.1. The molecule has 1 aliphatic rings. The summed E-state index contributed by atoms with van der Waals surface area (Å²) in [6.45, 7) is 4.73. The third-order valence-electron chi connectivity index (χ3n) is 5.76. The van der Waals surface area contributed by atoms with Crippen LogP contribution in [-0.4, -0.2) is 37.2 Å². The molecule has 0 radical (unpaired) electrons. The number of carbonyl (C=O) groups is 1. The Hall–Kier alpha value is -4.58. The Labute approximate surface area is 190 Å². The van der Waals surface area contributed by atoms with Gasteiger partial charge in [-0.15, -0.1) is 10.2 Å². The zero-order valence-corrected chi connectivity index (χ0v) is 18.1. The quantitative estimate of drug-likeness (QED) is 0.522. The third kappa shape index (κ3) is 3.47. The largest absolute Gasteiger partial charge is 0.364 e. The van der Waals surface area contributed by atoms with Crippen molar-refractivity contribution in [2.75, 3.05) is 11.4 Å². The lowest BCUT2D eigenvalue weighted by Crippen LogP contribution is -2.22. The third-order valence-corrected chi connectivity index (χ3v) is 5.76. The van der Waals surface area contributed by atoms with Gasteiger partial charge in [-0.25, -0.2) is 4.98 Å². The number of aryl methyl sites for hydroxylation is 1. The maximum atomic E-state index is 11.4. The van der Waals surface area contributed by atoms with Gasteiger partial charge in [-0.1, -0.05) is 13.0 Å². The summed E-state index contributed by atoms with van der Waals surface area (Å²) in [6.07, 6.45) is 2.93. The minimum atomic E-state index is -0.618. The molecule has 33 heavy (non-hydrogen) atoms. The SMILES string of the molecule is Cc1nnc2n1-c1ccc(-c3cnc(C(N)=O)cn3)cc1N(c1ccc(C#N)cc1)C[C@H]2C. The Morgan fingerprint density at radius 1 is 1.09 bits per heavy atom. The molecule has 2 aromatic heterocycles. The summed E-state index contributed by atoms with van der Waals surface area (Å²) in [6, 6.07) is 15.7. The maximum absolute atomic E-state index is 11.4. The van der Waals surface area contributed by atoms with Gasteiger partial charge in [0.25, 0.3) is 5.91 Å². The van der Waals surface area contributed by atoms with E-state index in [1.807, 2.05) is 49.4 Å². The lowest BCUT2D eigenvalue weighted by atomic mass is 10.1. The van der Waals surface area contributed by atoms with Gasteiger partial charge in [0.05, 0.1) is 41.1 Å². The maximum Gasteiger partial charge on any atom is 0.268 e. The van der Waals surface area contributed by atoms with Gasteiger partial charge >= 0.3 is 0 Å². The number of fused-ring (bicyclic) bond motifs is 3. The summed E-state index contributed by atoms with van der Waals surface area (Å²) in [5, 5.41) is 17.9. The first-order valence-corrected chi connectivity index (χ1v) is 10.4. The number of amides is 1. The van der Waals surface area contributed by atoms with Crippen molar-refractivity contribution in [3.63, 3.8) is 0 Å². The number of hydrogen-bond acceptors (Lipinski definition) is 7. The van der Waals surface area contributed by atoms with Gasteiger partial charge in [0.1, 0.15) is 17.3 Å². The Kier molecular flexibility index (Phi) is 4.83. The van der Waals surface area contributed by atoms with E-state index in [4.69, 9.17) is 5.73 Å². The fourth-order valence-electron chi connectivity index (χ4n) is 4.10. The number of nitriles is 1. The molecule has 0 saturated carbocycles. The number of nitrogens with two attached hydrogens (primary N) is 1. The smallest absolute Gasteiger partial charge is 0.268 e. The summed E-state index contributed by atoms with van der Waals surface area (Å²) in [5.74, 6) is 1.18. The molecule has 0 saturated heterocycles. The summed E-state index contributed by atoms with van der Waals surface area (Å²) in [7, 11) is 0. The average Bonchev–Trinajstić information content (AvgIpc) is 3.17. The van der Waals surface area contributed by atoms with Crippen molar-refractivity contribution >= 4 is 17.3 Å². The number of rotatable bonds is 3. The van der Waals surface area contributed by atoms with Crippen LogP contribution in [0.4, 0.5) is 11.4 Å². The fourth-order valence-corrected chi connectivity index (χ4v) is 4.10. The van der Waals surface area contributed by atoms with Crippen molar-refractivity contribution in [1.29, 1.82) is 5.26 Å². The second-order valence-corrected chi connectivity index (χ2v) is 7.97. The Balaban J connectivity index is 1.69. The number of primary amides is 1. The van der Waals surface area contributed by atoms with Gasteiger partial charge < -0.3 is 10.6 Å². The van der Waals surface area contributed by atoms with E-state index in [1.54, 1.807) is 6.20 Å². The van der Waals surface area contributed by atoms with Crippen molar-refractivity contribution < 1.29 is 4.79 Å². The molecule has 5 rings (SSSR count). The van der Waals surface area contributed by atoms with Crippen LogP contribution in [0.25, 0.3) is 16.9 Å². The fraction of sp³-hybridized carbons (Fsp3) is 0.167. The van der Waals surface area contributed by atoms with Crippen LogP contribution in [0.5, 0.6) is 0 Å². The highest BCUT2D eigenvalue weighted by Crippen LogP contribution is 2.40. The van der Waals surface area contributed by atoms with Crippen LogP contribution < -0.4 is 10.6 Å². The normalized spacial score (nSPS) is 14.7. The molecule has 9 heteroatoms. The molecule has 0 spiro atoms. The molecule has 3 heterocycles. The van der Waals surface area contributed by atoms with Crippen molar-refractivity contribution in [1.82, 2.24) is 24.7 Å². The Bertz CT molecular complexity index is 1400. The van der Waals surface area contributed by atoms with E-state index in [9.17, 15) is 10.1 Å². The Morgan fingerprint density at radius 3 is 2.55 bits per heavy atom. The molecule has 1 aliphatic heterocycles. The number of nitrogens with zero attached hydrogens (tertiary/aromatic N) is 7. The Morgan fingerprint density at radius 2 is 1.88 bits per heavy atom. The number of aromatic nitrogens is 5. The van der Waals surface area contributed by atoms with Crippen LogP contribution in [0.2, 0.25) is 0 Å². The molecule has 0 fully saturated rings. The van der Waals surface area contributed by atoms with E-state index in [1.165, 1.54) is 6.20 Å². The predicted octanol–water partition coefficient (Wildman–Crippen LogP) is 3.26. The van der Waals surface area contributed by atoms with Crippen LogP contribution >= 0.6 is 0 Å². The highest BCUT2D eigenvalue weighted by molar-refractivity contribution is 5.90. The average molecular weight is 436 g/mol. The van der Waals surface area contributed by atoms with Gasteiger partial charge in [-0.3, -0.25) is 14.3 Å². The van der Waals surface area contributed by atoms with Crippen molar-refractivity contribution in [2.24, 2.45) is 5.73 Å². The minimum absolute atomic E-state index is 0.104. The molecule has 0 aliphatic carbocycles. The first-order chi connectivity index (χ1) is 16.0. The molecule has 0 unspecified atom stereocenters. The molecule has 1 atom stereocenters. The first-order valence-electron chi connectivity index (χ1n) is 10.4. The van der Waals surface area contributed by atoms with Gasteiger partial charge in [0, 0.05) is 23.7 Å². The molecule has 0 bridgehead atoms. The van der Waals surface area contributed by atoms with Gasteiger partial charge in [-0.05, 0) is 43.3 Å². The molecule has 9 nitrogen and oxygen atoms in total. The van der Waals surface area contributed by atoms with Crippen LogP contribution in [-0.2, 0) is 0 Å². The standard InChI is InChI=1S/C24H20N8O/c1-14-13-31(18-6-3-16(10-25)4-7-18)22-9-17(19-11-28-20(12-27-19)23(26)33)5-8-21(22)32-15(2)29-30-24(14)32/h3-9,11-12,14H,13H2,1-2H3,(H2,26,33)/t14-/m1/s1. The second-order valence-electron chi connectivity index (χ2n) is 7.97. The van der Waals surface area contributed by atoms with Crippen molar-refractivity contribution in [2.45, 2.75) is 19.8 Å². The van der Waals surface area contributed by atoms with Crippen LogP contribution in [0.3, 0.4) is 0 Å². The second kappa shape index (κ2) is 7.84. The van der Waals surface area contributed by atoms with E-state index >= 15 is 0 Å². The monoisotopic (exact) mass is 436 g/mol. The van der Waals surface area contributed by atoms with Gasteiger partial charge in [-0.2, -0.15) is 5.26 Å². The summed E-state index contributed by atoms with van der Waals surface area (Å²) in [4.78, 5) is 22.1. The highest BCUT2D eigenvalue weighted by Gasteiger charge is 2.28. The topological polar surface area (TPSA) is 127 Å². The molecular formula is C24H20N8O. The molecule has 2 N–H and O–H groups in total. The van der Waals surface area contributed by atoms with E-state index in [2.05, 4.69) is 42.6 Å². The van der Waals surface area contributed by atoms with Gasteiger partial charge in [0.15, 0.2) is 0 Å². The zero-order valence-electron chi connectivity index (χ0n) is 18.1. The number of carbonyl (C=O) groups excluding carboxylic acids is 1. The molecule has 1 amide bonds. The number of benzene rings is 2. The summed E-state index contributed by atoms with van der Waals surface area (Å²) < 4.78 is 2.08. The van der Waals surface area contributed by atoms with E-state index in [0.717, 1.165) is 34.3 Å². The van der Waals surface area contributed by atoms with Crippen LogP contribution in [0.15, 0.2) is 54.9 Å². The first kappa shape index (κ1) is 20.3. The van der Waals surface area contributed by atoms with E-state index in [0.29, 0.717) is 17.8 Å². The molecule has 162 valence electrons. The number of hydrogen-bond donors (Lipinski definition) is 1. The summed E-state index contributed by atoms with van der Waals surface area (Å²) >= 11 is 0. The molecule has 2 aromatic carbocycles. The van der Waals surface area contributed by atoms with Gasteiger partial charge in [0.2, 0.25) is 0 Å². The van der Waals surface area contributed by atoms with Crippen LogP contribution in [0, 0.1) is 18.3 Å². The molecule has 4 aromatic rings. The zero-order chi connectivity index (χ0) is 23.1. The summed E-state index contributed by atoms with van der Waals surface area (Å²) in [5.41, 5.74) is 10.4. The van der Waals surface area contributed by atoms with Crippen LogP contribution in [0.1, 0.15) is 40.5 Å². The van der Waals surface area contributed by atoms with Crippen molar-refractivity contribution in [3.8, 4) is 23.0 Å². The lowest BCUT2D eigenvalue weighted by molar-refractivity contribution is 0.0995. The minimum Gasteiger partial charge on any atom is -0.364 e. The van der Waals surface area contributed by atoms with Crippen molar-refractivity contribution in [3.05, 3.63) is 77.8 Å². The molecular weight excluding hydrogens is 416 g/mol. The number of anilines is 2. The predicted molar refractivity (Wildman–Crippen MR) is 122 cm³/mol.